The third-order valence-electron chi connectivity index (χ3n) is 5.21. The largest absolute Gasteiger partial charge is 0.337 e. The van der Waals surface area contributed by atoms with E-state index in [1.54, 1.807) is 4.90 Å². The molecule has 0 bridgehead atoms. The minimum absolute atomic E-state index is 0.00956. The first kappa shape index (κ1) is 16.8. The van der Waals surface area contributed by atoms with Crippen LogP contribution < -0.4 is 0 Å². The van der Waals surface area contributed by atoms with Gasteiger partial charge in [0.15, 0.2) is 5.65 Å². The highest BCUT2D eigenvalue weighted by molar-refractivity contribution is 6.05. The Bertz CT molecular complexity index is 926. The van der Waals surface area contributed by atoms with Gasteiger partial charge in [-0.05, 0) is 31.4 Å². The summed E-state index contributed by atoms with van der Waals surface area (Å²) in [6.07, 6.45) is 6.57. The van der Waals surface area contributed by atoms with Gasteiger partial charge in [-0.15, -0.1) is 0 Å². The summed E-state index contributed by atoms with van der Waals surface area (Å²) in [6.45, 7) is 2.53. The Labute approximate surface area is 153 Å². The van der Waals surface area contributed by atoms with Gasteiger partial charge in [-0.1, -0.05) is 43.2 Å². The molecule has 0 aliphatic heterocycles. The molecule has 4 rings (SSSR count). The number of pyridine rings is 1. The second-order valence-corrected chi connectivity index (χ2v) is 7.22. The number of amides is 1. The number of carbonyl (C=O) groups excluding carboxylic acids is 1. The van der Waals surface area contributed by atoms with E-state index in [1.807, 2.05) is 61.2 Å². The van der Waals surface area contributed by atoms with E-state index in [1.165, 1.54) is 12.8 Å². The van der Waals surface area contributed by atoms with Gasteiger partial charge in [-0.2, -0.15) is 5.10 Å². The average molecular weight is 348 g/mol. The molecule has 1 saturated carbocycles. The van der Waals surface area contributed by atoms with E-state index >= 15 is 0 Å². The predicted molar refractivity (Wildman–Crippen MR) is 102 cm³/mol. The van der Waals surface area contributed by atoms with Crippen molar-refractivity contribution in [2.45, 2.75) is 45.2 Å². The van der Waals surface area contributed by atoms with E-state index in [-0.39, 0.29) is 5.91 Å². The number of aryl methyl sites for hydroxylation is 1. The van der Waals surface area contributed by atoms with Crippen LogP contribution in [0.15, 0.2) is 42.6 Å². The maximum absolute atomic E-state index is 13.1. The molecule has 2 aromatic heterocycles. The maximum atomic E-state index is 13.1. The van der Waals surface area contributed by atoms with Gasteiger partial charge in [0.2, 0.25) is 0 Å². The molecule has 2 heterocycles. The summed E-state index contributed by atoms with van der Waals surface area (Å²) in [7, 11) is 1.85. The number of aromatic nitrogens is 3. The lowest BCUT2D eigenvalue weighted by atomic mass is 10.1. The smallest absolute Gasteiger partial charge is 0.254 e. The topological polar surface area (TPSA) is 51.0 Å². The van der Waals surface area contributed by atoms with E-state index < -0.39 is 0 Å². The zero-order valence-corrected chi connectivity index (χ0v) is 15.4. The first-order chi connectivity index (χ1) is 12.6. The molecule has 26 heavy (non-hydrogen) atoms. The monoisotopic (exact) mass is 348 g/mol. The number of carbonyl (C=O) groups is 1. The SMILES string of the molecule is Cc1cc(C(=O)N(C)Cc2ccccc2)c2cnn(C3CCCC3)c2n1. The Balaban J connectivity index is 1.68. The first-order valence-electron chi connectivity index (χ1n) is 9.28. The zero-order valence-electron chi connectivity index (χ0n) is 15.4. The molecule has 3 aromatic rings. The lowest BCUT2D eigenvalue weighted by Gasteiger charge is -2.18. The first-order valence-corrected chi connectivity index (χ1v) is 9.28. The van der Waals surface area contributed by atoms with Gasteiger partial charge in [0, 0.05) is 19.3 Å². The van der Waals surface area contributed by atoms with Crippen LogP contribution >= 0.6 is 0 Å². The molecule has 1 aliphatic carbocycles. The van der Waals surface area contributed by atoms with Crippen LogP contribution in [0.5, 0.6) is 0 Å². The summed E-state index contributed by atoms with van der Waals surface area (Å²) in [5, 5.41) is 5.44. The van der Waals surface area contributed by atoms with Crippen LogP contribution in [0.2, 0.25) is 0 Å². The molecule has 1 fully saturated rings. The number of rotatable bonds is 4. The maximum Gasteiger partial charge on any atom is 0.254 e. The molecule has 1 aliphatic rings. The molecular formula is C21H24N4O. The minimum Gasteiger partial charge on any atom is -0.337 e. The highest BCUT2D eigenvalue weighted by Crippen LogP contribution is 2.32. The predicted octanol–water partition coefficient (Wildman–Crippen LogP) is 4.13. The number of benzene rings is 1. The summed E-state index contributed by atoms with van der Waals surface area (Å²) in [5.41, 5.74) is 3.50. The Morgan fingerprint density at radius 2 is 1.96 bits per heavy atom. The molecule has 5 nitrogen and oxygen atoms in total. The van der Waals surface area contributed by atoms with Crippen molar-refractivity contribution in [3.05, 3.63) is 59.4 Å². The van der Waals surface area contributed by atoms with E-state index in [0.29, 0.717) is 18.2 Å². The lowest BCUT2D eigenvalue weighted by molar-refractivity contribution is 0.0787. The fourth-order valence-corrected chi connectivity index (χ4v) is 3.87. The van der Waals surface area contributed by atoms with Crippen LogP contribution in [0.1, 0.15) is 53.3 Å². The Hall–Kier alpha value is -2.69. The summed E-state index contributed by atoms with van der Waals surface area (Å²) < 4.78 is 2.03. The molecule has 1 aromatic carbocycles. The fourth-order valence-electron chi connectivity index (χ4n) is 3.87. The van der Waals surface area contributed by atoms with Crippen molar-refractivity contribution in [2.24, 2.45) is 0 Å². The highest BCUT2D eigenvalue weighted by Gasteiger charge is 2.23. The summed E-state index contributed by atoms with van der Waals surface area (Å²) in [6, 6.07) is 12.3. The van der Waals surface area contributed by atoms with Gasteiger partial charge in [-0.25, -0.2) is 9.67 Å². The number of nitrogens with zero attached hydrogens (tertiary/aromatic N) is 4. The van der Waals surface area contributed by atoms with Crippen molar-refractivity contribution in [3.8, 4) is 0 Å². The van der Waals surface area contributed by atoms with Crippen LogP contribution in [-0.4, -0.2) is 32.6 Å². The van der Waals surface area contributed by atoms with Crippen molar-refractivity contribution < 1.29 is 4.79 Å². The second kappa shape index (κ2) is 6.90. The van der Waals surface area contributed by atoms with E-state index in [2.05, 4.69) is 5.10 Å². The summed E-state index contributed by atoms with van der Waals surface area (Å²) in [5.74, 6) is 0.00956. The standard InChI is InChI=1S/C21H24N4O/c1-15-12-18(21(26)24(2)14-16-8-4-3-5-9-16)19-13-22-25(20(19)23-15)17-10-6-7-11-17/h3-5,8-9,12-13,17H,6-7,10-11,14H2,1-2H3. The lowest BCUT2D eigenvalue weighted by Crippen LogP contribution is -2.26. The van der Waals surface area contributed by atoms with Gasteiger partial charge in [0.25, 0.3) is 5.91 Å². The molecule has 134 valence electrons. The fraction of sp³-hybridized carbons (Fsp3) is 0.381. The van der Waals surface area contributed by atoms with Crippen LogP contribution in [0, 0.1) is 6.92 Å². The summed E-state index contributed by atoms with van der Waals surface area (Å²) in [4.78, 5) is 19.6. The van der Waals surface area contributed by atoms with Crippen LogP contribution in [0.3, 0.4) is 0 Å². The Morgan fingerprint density at radius 3 is 2.69 bits per heavy atom. The molecule has 0 N–H and O–H groups in total. The quantitative estimate of drug-likeness (QED) is 0.712. The van der Waals surface area contributed by atoms with Crippen LogP contribution in [0.4, 0.5) is 0 Å². The second-order valence-electron chi connectivity index (χ2n) is 7.22. The number of hydrogen-bond donors (Lipinski definition) is 0. The number of fused-ring (bicyclic) bond motifs is 1. The van der Waals surface area contributed by atoms with Gasteiger partial charge >= 0.3 is 0 Å². The molecule has 1 amide bonds. The van der Waals surface area contributed by atoms with Crippen LogP contribution in [-0.2, 0) is 6.54 Å². The minimum atomic E-state index is 0.00956. The van der Waals surface area contributed by atoms with Gasteiger partial charge < -0.3 is 4.90 Å². The van der Waals surface area contributed by atoms with E-state index in [4.69, 9.17) is 4.98 Å². The van der Waals surface area contributed by atoms with Gasteiger partial charge in [-0.3, -0.25) is 4.79 Å². The molecule has 0 saturated heterocycles. The average Bonchev–Trinajstić information content (AvgIpc) is 3.30. The Kier molecular flexibility index (Phi) is 4.45. The van der Waals surface area contributed by atoms with Crippen molar-refractivity contribution in [1.82, 2.24) is 19.7 Å². The van der Waals surface area contributed by atoms with Crippen molar-refractivity contribution in [1.29, 1.82) is 0 Å². The van der Waals surface area contributed by atoms with Gasteiger partial charge in [0.05, 0.1) is 23.2 Å². The highest BCUT2D eigenvalue weighted by atomic mass is 16.2. The van der Waals surface area contributed by atoms with Crippen molar-refractivity contribution >= 4 is 16.9 Å². The molecule has 0 unspecified atom stereocenters. The van der Waals surface area contributed by atoms with Crippen molar-refractivity contribution in [2.75, 3.05) is 7.05 Å². The molecule has 0 radical (unpaired) electrons. The van der Waals surface area contributed by atoms with E-state index in [9.17, 15) is 4.79 Å². The Morgan fingerprint density at radius 1 is 1.23 bits per heavy atom. The molecular weight excluding hydrogens is 324 g/mol. The molecule has 0 atom stereocenters. The van der Waals surface area contributed by atoms with Gasteiger partial charge in [0.1, 0.15) is 0 Å². The number of hydrogen-bond acceptors (Lipinski definition) is 3. The molecule has 0 spiro atoms. The summed E-state index contributed by atoms with van der Waals surface area (Å²) >= 11 is 0. The van der Waals surface area contributed by atoms with Crippen LogP contribution in [0.25, 0.3) is 11.0 Å². The third-order valence-corrected chi connectivity index (χ3v) is 5.21. The van der Waals surface area contributed by atoms with E-state index in [0.717, 1.165) is 35.1 Å². The third kappa shape index (κ3) is 3.09. The zero-order chi connectivity index (χ0) is 18.1. The normalized spacial score (nSPS) is 14.8. The van der Waals surface area contributed by atoms with Crippen molar-refractivity contribution in [3.63, 3.8) is 0 Å². The molecule has 5 heteroatoms.